The molecule has 0 aromatic carbocycles. The molecule has 3 heterocycles. The molecule has 0 bridgehead atoms. The second-order valence-corrected chi connectivity index (χ2v) is 4.68. The number of nitrogens with zero attached hydrogens (tertiary/aromatic N) is 1. The molecule has 4 nitrogen and oxygen atoms in total. The molecule has 1 fully saturated rings. The van der Waals surface area contributed by atoms with Crippen molar-refractivity contribution in [2.24, 2.45) is 0 Å². The average molecular weight is 233 g/mol. The molecule has 0 unspecified atom stereocenters. The molecule has 90 valence electrons. The van der Waals surface area contributed by atoms with Gasteiger partial charge in [0.1, 0.15) is 5.69 Å². The van der Waals surface area contributed by atoms with E-state index >= 15 is 0 Å². The zero-order chi connectivity index (χ0) is 11.9. The van der Waals surface area contributed by atoms with E-state index in [0.29, 0.717) is 12.3 Å². The maximum Gasteiger partial charge on any atom is 0.178 e. The van der Waals surface area contributed by atoms with Crippen LogP contribution in [0.1, 0.15) is 41.4 Å². The Bertz CT molecular complexity index is 458. The molecular weight excluding hydrogens is 218 g/mol. The van der Waals surface area contributed by atoms with Crippen molar-refractivity contribution in [3.63, 3.8) is 0 Å². The molecule has 1 saturated heterocycles. The summed E-state index contributed by atoms with van der Waals surface area (Å²) in [7, 11) is 0. The number of fused-ring (bicyclic) bond motifs is 2. The molecule has 2 aliphatic heterocycles. The summed E-state index contributed by atoms with van der Waals surface area (Å²) in [6.45, 7) is 3.58. The zero-order valence-electron chi connectivity index (χ0n) is 9.86. The number of hydrogen-bond donors (Lipinski definition) is 0. The van der Waals surface area contributed by atoms with Gasteiger partial charge in [-0.25, -0.2) is 0 Å². The average Bonchev–Trinajstić information content (AvgIpc) is 2.69. The van der Waals surface area contributed by atoms with Crippen LogP contribution in [0.3, 0.4) is 0 Å². The van der Waals surface area contributed by atoms with Gasteiger partial charge in [0.15, 0.2) is 5.78 Å². The van der Waals surface area contributed by atoms with Crippen molar-refractivity contribution in [2.45, 2.75) is 32.0 Å². The number of hydrogen-bond acceptors (Lipinski definition) is 4. The fraction of sp³-hybridized carbons (Fsp3) is 0.538. The minimum absolute atomic E-state index is 0.00177. The first-order chi connectivity index (χ1) is 8.21. The van der Waals surface area contributed by atoms with Crippen LogP contribution in [0, 0.1) is 0 Å². The first-order valence-electron chi connectivity index (χ1n) is 5.93. The van der Waals surface area contributed by atoms with Gasteiger partial charge in [-0.2, -0.15) is 0 Å². The van der Waals surface area contributed by atoms with Gasteiger partial charge in [-0.15, -0.1) is 0 Å². The van der Waals surface area contributed by atoms with E-state index in [9.17, 15) is 4.79 Å². The van der Waals surface area contributed by atoms with E-state index in [2.05, 4.69) is 4.98 Å². The Labute approximate surface area is 99.9 Å². The van der Waals surface area contributed by atoms with E-state index in [4.69, 9.17) is 9.47 Å². The van der Waals surface area contributed by atoms with Crippen molar-refractivity contribution in [3.05, 3.63) is 29.1 Å². The van der Waals surface area contributed by atoms with Gasteiger partial charge in [0.05, 0.1) is 12.2 Å². The van der Waals surface area contributed by atoms with Gasteiger partial charge in [-0.05, 0) is 11.6 Å². The number of ether oxygens (including phenoxy) is 2. The van der Waals surface area contributed by atoms with Gasteiger partial charge >= 0.3 is 0 Å². The molecule has 17 heavy (non-hydrogen) atoms. The minimum atomic E-state index is -0.235. The van der Waals surface area contributed by atoms with E-state index in [1.807, 2.05) is 6.07 Å². The summed E-state index contributed by atoms with van der Waals surface area (Å²) in [5.74, 6) is 0.00177. The second-order valence-electron chi connectivity index (χ2n) is 4.68. The predicted molar refractivity (Wildman–Crippen MR) is 60.8 cm³/mol. The van der Waals surface area contributed by atoms with Crippen molar-refractivity contribution in [3.8, 4) is 0 Å². The van der Waals surface area contributed by atoms with Crippen LogP contribution in [0.15, 0.2) is 12.3 Å². The number of ketones is 1. The van der Waals surface area contributed by atoms with Crippen molar-refractivity contribution in [1.29, 1.82) is 0 Å². The minimum Gasteiger partial charge on any atom is -0.381 e. The molecule has 1 aromatic heterocycles. The summed E-state index contributed by atoms with van der Waals surface area (Å²) in [6.07, 6.45) is 3.50. The molecule has 0 aliphatic carbocycles. The van der Waals surface area contributed by atoms with Crippen LogP contribution in [-0.2, 0) is 21.7 Å². The van der Waals surface area contributed by atoms with Crippen LogP contribution in [0.4, 0.5) is 0 Å². The number of carbonyl (C=O) groups is 1. The standard InChI is InChI=1S/C13H15NO3/c1-9(15)12-6-11-10(7-14-12)8-17-13(11)2-4-16-5-3-13/h6-7H,2-5,8H2,1H3. The topological polar surface area (TPSA) is 48.4 Å². The van der Waals surface area contributed by atoms with Crippen molar-refractivity contribution in [1.82, 2.24) is 4.98 Å². The summed E-state index contributed by atoms with van der Waals surface area (Å²) in [5.41, 5.74) is 2.54. The molecule has 0 radical (unpaired) electrons. The molecular formula is C13H15NO3. The molecule has 0 saturated carbocycles. The van der Waals surface area contributed by atoms with Crippen molar-refractivity contribution >= 4 is 5.78 Å². The molecule has 4 heteroatoms. The zero-order valence-corrected chi connectivity index (χ0v) is 9.86. The smallest absolute Gasteiger partial charge is 0.178 e. The van der Waals surface area contributed by atoms with Crippen molar-refractivity contribution in [2.75, 3.05) is 13.2 Å². The second kappa shape index (κ2) is 3.89. The third-order valence-electron chi connectivity index (χ3n) is 3.64. The van der Waals surface area contributed by atoms with Gasteiger partial charge in [0.2, 0.25) is 0 Å². The summed E-state index contributed by atoms with van der Waals surface area (Å²) >= 11 is 0. The summed E-state index contributed by atoms with van der Waals surface area (Å²) in [5, 5.41) is 0. The van der Waals surface area contributed by atoms with Crippen LogP contribution < -0.4 is 0 Å². The third-order valence-corrected chi connectivity index (χ3v) is 3.64. The van der Waals surface area contributed by atoms with E-state index in [1.165, 1.54) is 0 Å². The molecule has 2 aliphatic rings. The largest absolute Gasteiger partial charge is 0.381 e. The first-order valence-corrected chi connectivity index (χ1v) is 5.93. The summed E-state index contributed by atoms with van der Waals surface area (Å²) in [4.78, 5) is 15.6. The predicted octanol–water partition coefficient (Wildman–Crippen LogP) is 1.82. The fourth-order valence-corrected chi connectivity index (χ4v) is 2.62. The lowest BCUT2D eigenvalue weighted by Crippen LogP contribution is -2.33. The van der Waals surface area contributed by atoms with E-state index in [0.717, 1.165) is 37.2 Å². The highest BCUT2D eigenvalue weighted by atomic mass is 16.5. The Morgan fingerprint density at radius 1 is 1.41 bits per heavy atom. The number of carbonyl (C=O) groups excluding carboxylic acids is 1. The maximum atomic E-state index is 11.4. The Morgan fingerprint density at radius 3 is 2.88 bits per heavy atom. The first kappa shape index (κ1) is 10.9. The maximum absolute atomic E-state index is 11.4. The molecule has 1 spiro atoms. The van der Waals surface area contributed by atoms with Gasteiger partial charge in [-0.3, -0.25) is 9.78 Å². The van der Waals surface area contributed by atoms with Crippen LogP contribution in [0.2, 0.25) is 0 Å². The quantitative estimate of drug-likeness (QED) is 0.694. The van der Waals surface area contributed by atoms with Crippen LogP contribution >= 0.6 is 0 Å². The monoisotopic (exact) mass is 233 g/mol. The summed E-state index contributed by atoms with van der Waals surface area (Å²) in [6, 6.07) is 1.90. The van der Waals surface area contributed by atoms with Crippen LogP contribution in [0.25, 0.3) is 0 Å². The lowest BCUT2D eigenvalue weighted by molar-refractivity contribution is -0.107. The summed E-state index contributed by atoms with van der Waals surface area (Å²) < 4.78 is 11.3. The highest BCUT2D eigenvalue weighted by molar-refractivity contribution is 5.92. The van der Waals surface area contributed by atoms with E-state index in [-0.39, 0.29) is 11.4 Å². The molecule has 0 N–H and O–H groups in total. The lowest BCUT2D eigenvalue weighted by Gasteiger charge is -2.33. The molecule has 0 amide bonds. The molecule has 1 aromatic rings. The number of pyridine rings is 1. The van der Waals surface area contributed by atoms with Gasteiger partial charge in [0, 0.05) is 44.7 Å². The van der Waals surface area contributed by atoms with Gasteiger partial charge in [0.25, 0.3) is 0 Å². The van der Waals surface area contributed by atoms with Crippen LogP contribution in [0.5, 0.6) is 0 Å². The Morgan fingerprint density at radius 2 is 2.18 bits per heavy atom. The Kier molecular flexibility index (Phi) is 2.49. The van der Waals surface area contributed by atoms with Crippen LogP contribution in [-0.4, -0.2) is 24.0 Å². The highest BCUT2D eigenvalue weighted by Gasteiger charge is 2.41. The van der Waals surface area contributed by atoms with E-state index in [1.54, 1.807) is 13.1 Å². The van der Waals surface area contributed by atoms with E-state index < -0.39 is 0 Å². The number of aromatic nitrogens is 1. The lowest BCUT2D eigenvalue weighted by atomic mass is 9.86. The SMILES string of the molecule is CC(=O)c1cc2c(cn1)COC21CCOCC1. The van der Waals surface area contributed by atoms with Gasteiger partial charge in [-0.1, -0.05) is 0 Å². The Hall–Kier alpha value is -1.26. The fourth-order valence-electron chi connectivity index (χ4n) is 2.62. The highest BCUT2D eigenvalue weighted by Crippen LogP contribution is 2.43. The third kappa shape index (κ3) is 1.68. The van der Waals surface area contributed by atoms with Crippen molar-refractivity contribution < 1.29 is 14.3 Å². The van der Waals surface area contributed by atoms with Gasteiger partial charge < -0.3 is 9.47 Å². The molecule has 0 atom stereocenters. The number of rotatable bonds is 1. The Balaban J connectivity index is 2.04. The molecule has 3 rings (SSSR count). The number of Topliss-reactive ketones (excluding diaryl/α,β-unsaturated/α-hetero) is 1. The normalized spacial score (nSPS) is 21.5.